The monoisotopic (exact) mass is 204 g/mol. The van der Waals surface area contributed by atoms with Crippen molar-refractivity contribution in [2.24, 2.45) is 0 Å². The molecule has 13 heavy (non-hydrogen) atoms. The van der Waals surface area contributed by atoms with E-state index in [0.29, 0.717) is 6.42 Å². The SMILES string of the molecule is CCP(=O)(O)OCCc1ccco1. The van der Waals surface area contributed by atoms with Crippen molar-refractivity contribution in [3.05, 3.63) is 24.2 Å². The molecule has 0 radical (unpaired) electrons. The zero-order valence-corrected chi connectivity index (χ0v) is 8.37. The van der Waals surface area contributed by atoms with Crippen LogP contribution in [0.3, 0.4) is 0 Å². The van der Waals surface area contributed by atoms with Gasteiger partial charge in [0.05, 0.1) is 12.9 Å². The van der Waals surface area contributed by atoms with Crippen LogP contribution in [0.2, 0.25) is 0 Å². The summed E-state index contributed by atoms with van der Waals surface area (Å²) in [4.78, 5) is 9.05. The smallest absolute Gasteiger partial charge is 0.327 e. The lowest BCUT2D eigenvalue weighted by molar-refractivity contribution is 0.257. The molecular weight excluding hydrogens is 191 g/mol. The molecule has 1 heterocycles. The Labute approximate surface area is 77.1 Å². The molecular formula is C8H13O4P. The molecule has 0 bridgehead atoms. The van der Waals surface area contributed by atoms with Crippen molar-refractivity contribution in [2.45, 2.75) is 13.3 Å². The maximum atomic E-state index is 11.0. The molecule has 1 atom stereocenters. The van der Waals surface area contributed by atoms with E-state index in [9.17, 15) is 4.57 Å². The topological polar surface area (TPSA) is 59.7 Å². The molecule has 0 aliphatic carbocycles. The van der Waals surface area contributed by atoms with Gasteiger partial charge in [-0.3, -0.25) is 4.57 Å². The van der Waals surface area contributed by atoms with E-state index in [-0.39, 0.29) is 12.8 Å². The van der Waals surface area contributed by atoms with Gasteiger partial charge in [0.25, 0.3) is 0 Å². The molecule has 0 amide bonds. The fourth-order valence-electron chi connectivity index (χ4n) is 0.835. The van der Waals surface area contributed by atoms with Gasteiger partial charge in [0.1, 0.15) is 5.76 Å². The van der Waals surface area contributed by atoms with Gasteiger partial charge in [-0.2, -0.15) is 0 Å². The Hall–Kier alpha value is -0.570. The Morgan fingerprint density at radius 1 is 1.69 bits per heavy atom. The van der Waals surface area contributed by atoms with E-state index in [2.05, 4.69) is 0 Å². The van der Waals surface area contributed by atoms with Crippen molar-refractivity contribution in [1.29, 1.82) is 0 Å². The van der Waals surface area contributed by atoms with Crippen molar-refractivity contribution in [1.82, 2.24) is 0 Å². The van der Waals surface area contributed by atoms with Gasteiger partial charge in [-0.05, 0) is 12.1 Å². The first-order valence-electron chi connectivity index (χ1n) is 4.13. The van der Waals surface area contributed by atoms with Crippen LogP contribution >= 0.6 is 7.60 Å². The number of hydrogen-bond donors (Lipinski definition) is 1. The summed E-state index contributed by atoms with van der Waals surface area (Å²) >= 11 is 0. The molecule has 0 aromatic carbocycles. The molecule has 74 valence electrons. The van der Waals surface area contributed by atoms with Crippen LogP contribution in [0.25, 0.3) is 0 Å². The Bertz CT molecular complexity index is 280. The van der Waals surface area contributed by atoms with Crippen LogP contribution in [0, 0.1) is 0 Å². The highest BCUT2D eigenvalue weighted by molar-refractivity contribution is 7.52. The minimum absolute atomic E-state index is 0.144. The highest BCUT2D eigenvalue weighted by atomic mass is 31.2. The van der Waals surface area contributed by atoms with E-state index < -0.39 is 7.60 Å². The van der Waals surface area contributed by atoms with E-state index in [1.807, 2.05) is 0 Å². The number of rotatable bonds is 5. The molecule has 1 unspecified atom stereocenters. The largest absolute Gasteiger partial charge is 0.469 e. The number of hydrogen-bond acceptors (Lipinski definition) is 3. The second kappa shape index (κ2) is 4.61. The molecule has 0 aliphatic heterocycles. The van der Waals surface area contributed by atoms with Crippen LogP contribution < -0.4 is 0 Å². The summed E-state index contributed by atoms with van der Waals surface area (Å²) in [5.74, 6) is 0.760. The van der Waals surface area contributed by atoms with Gasteiger partial charge < -0.3 is 13.8 Å². The zero-order valence-electron chi connectivity index (χ0n) is 7.47. The highest BCUT2D eigenvalue weighted by Crippen LogP contribution is 2.40. The summed E-state index contributed by atoms with van der Waals surface area (Å²) in [6.07, 6.45) is 2.23. The lowest BCUT2D eigenvalue weighted by atomic mass is 10.3. The Balaban J connectivity index is 2.26. The molecule has 1 N–H and O–H groups in total. The van der Waals surface area contributed by atoms with Crippen LogP contribution in [-0.4, -0.2) is 17.7 Å². The van der Waals surface area contributed by atoms with Crippen LogP contribution in [0.5, 0.6) is 0 Å². The van der Waals surface area contributed by atoms with Crippen LogP contribution in [-0.2, 0) is 15.5 Å². The van der Waals surface area contributed by atoms with Gasteiger partial charge in [-0.25, -0.2) is 0 Å². The summed E-state index contributed by atoms with van der Waals surface area (Å²) < 4.78 is 20.8. The quantitative estimate of drug-likeness (QED) is 0.745. The van der Waals surface area contributed by atoms with Crippen molar-refractivity contribution in [2.75, 3.05) is 12.8 Å². The highest BCUT2D eigenvalue weighted by Gasteiger charge is 2.15. The molecule has 1 aromatic heterocycles. The van der Waals surface area contributed by atoms with Crippen molar-refractivity contribution in [3.63, 3.8) is 0 Å². The Morgan fingerprint density at radius 3 is 3.00 bits per heavy atom. The predicted molar refractivity (Wildman–Crippen MR) is 48.7 cm³/mol. The van der Waals surface area contributed by atoms with Gasteiger partial charge in [0.2, 0.25) is 0 Å². The summed E-state index contributed by atoms with van der Waals surface area (Å²) in [7, 11) is -3.33. The fraction of sp³-hybridized carbons (Fsp3) is 0.500. The van der Waals surface area contributed by atoms with E-state index in [4.69, 9.17) is 13.8 Å². The van der Waals surface area contributed by atoms with E-state index >= 15 is 0 Å². The molecule has 1 rings (SSSR count). The predicted octanol–water partition coefficient (Wildman–Crippen LogP) is 2.04. The summed E-state index contributed by atoms with van der Waals surface area (Å²) in [6.45, 7) is 1.84. The average molecular weight is 204 g/mol. The molecule has 0 spiro atoms. The minimum Gasteiger partial charge on any atom is -0.469 e. The Kier molecular flexibility index (Phi) is 3.72. The van der Waals surface area contributed by atoms with Crippen LogP contribution in [0.15, 0.2) is 22.8 Å². The van der Waals surface area contributed by atoms with Crippen molar-refractivity contribution in [3.8, 4) is 0 Å². The second-order valence-electron chi connectivity index (χ2n) is 2.62. The van der Waals surface area contributed by atoms with Crippen molar-refractivity contribution >= 4 is 7.60 Å². The molecule has 0 saturated heterocycles. The van der Waals surface area contributed by atoms with Crippen LogP contribution in [0.4, 0.5) is 0 Å². The molecule has 1 aromatic rings. The summed E-state index contributed by atoms with van der Waals surface area (Å²) in [6, 6.07) is 3.57. The van der Waals surface area contributed by atoms with E-state index in [1.54, 1.807) is 25.3 Å². The standard InChI is InChI=1S/C8H13O4P/c1-2-13(9,10)12-7-5-8-4-3-6-11-8/h3-4,6H,2,5,7H2,1H3,(H,9,10). The molecule has 0 fully saturated rings. The molecule has 0 aliphatic rings. The van der Waals surface area contributed by atoms with Crippen molar-refractivity contribution < 1.29 is 18.4 Å². The number of furan rings is 1. The first-order valence-corrected chi connectivity index (χ1v) is 5.89. The minimum atomic E-state index is -3.33. The summed E-state index contributed by atoms with van der Waals surface area (Å²) in [5, 5.41) is 0. The van der Waals surface area contributed by atoms with Gasteiger partial charge in [0.15, 0.2) is 0 Å². The van der Waals surface area contributed by atoms with Gasteiger partial charge in [-0.1, -0.05) is 6.92 Å². The first-order chi connectivity index (χ1) is 6.14. The molecule has 0 saturated carbocycles. The van der Waals surface area contributed by atoms with E-state index in [0.717, 1.165) is 5.76 Å². The second-order valence-corrected chi connectivity index (χ2v) is 4.78. The Morgan fingerprint density at radius 2 is 2.46 bits per heavy atom. The van der Waals surface area contributed by atoms with Gasteiger partial charge in [-0.15, -0.1) is 0 Å². The normalized spacial score (nSPS) is 15.5. The maximum absolute atomic E-state index is 11.0. The third kappa shape index (κ3) is 3.77. The van der Waals surface area contributed by atoms with E-state index in [1.165, 1.54) is 0 Å². The third-order valence-corrected chi connectivity index (χ3v) is 3.01. The molecule has 4 nitrogen and oxygen atoms in total. The lowest BCUT2D eigenvalue weighted by Gasteiger charge is -2.08. The molecule has 5 heteroatoms. The fourth-order valence-corrected chi connectivity index (χ4v) is 1.39. The summed E-state index contributed by atoms with van der Waals surface area (Å²) in [5.41, 5.74) is 0. The lowest BCUT2D eigenvalue weighted by Crippen LogP contribution is -1.97. The first kappa shape index (κ1) is 10.5. The van der Waals surface area contributed by atoms with Gasteiger partial charge >= 0.3 is 7.60 Å². The maximum Gasteiger partial charge on any atom is 0.327 e. The third-order valence-electron chi connectivity index (χ3n) is 1.62. The van der Waals surface area contributed by atoms with Crippen LogP contribution in [0.1, 0.15) is 12.7 Å². The van der Waals surface area contributed by atoms with Gasteiger partial charge in [0, 0.05) is 12.6 Å². The zero-order chi connectivity index (χ0) is 9.73. The average Bonchev–Trinajstić information content (AvgIpc) is 2.57.